The van der Waals surface area contributed by atoms with Gasteiger partial charge in [-0.15, -0.1) is 11.6 Å². The fourth-order valence-corrected chi connectivity index (χ4v) is 2.63. The van der Waals surface area contributed by atoms with Gasteiger partial charge in [0.15, 0.2) is 0 Å². The highest BCUT2D eigenvalue weighted by Gasteiger charge is 2.21. The van der Waals surface area contributed by atoms with E-state index in [0.717, 1.165) is 30.8 Å². The summed E-state index contributed by atoms with van der Waals surface area (Å²) >= 11 is 6.40. The summed E-state index contributed by atoms with van der Waals surface area (Å²) in [5.41, 5.74) is 1.07. The van der Waals surface area contributed by atoms with E-state index in [1.54, 1.807) is 6.33 Å². The first-order chi connectivity index (χ1) is 8.29. The number of alkyl halides is 1. The average molecular weight is 254 g/mol. The lowest BCUT2D eigenvalue weighted by Gasteiger charge is -2.21. The summed E-state index contributed by atoms with van der Waals surface area (Å²) in [7, 11) is 0. The summed E-state index contributed by atoms with van der Waals surface area (Å²) in [6.07, 6.45) is 8.60. The number of rotatable bonds is 3. The minimum absolute atomic E-state index is 0.220. The van der Waals surface area contributed by atoms with Crippen LogP contribution in [0.5, 0.6) is 0 Å². The molecule has 1 saturated carbocycles. The molecule has 0 amide bonds. The lowest BCUT2D eigenvalue weighted by atomic mass is 10.1. The number of aromatic nitrogens is 2. The largest absolute Gasteiger partial charge is 0.366 e. The van der Waals surface area contributed by atoms with Gasteiger partial charge in [0, 0.05) is 17.8 Å². The molecule has 1 aromatic heterocycles. The fourth-order valence-electron chi connectivity index (χ4n) is 2.28. The zero-order chi connectivity index (χ0) is 12.1. The van der Waals surface area contributed by atoms with Crippen LogP contribution in [0.15, 0.2) is 12.4 Å². The van der Waals surface area contributed by atoms with Crippen molar-refractivity contribution in [2.45, 2.75) is 56.9 Å². The average Bonchev–Trinajstić information content (AvgIpc) is 2.55. The Labute approximate surface area is 108 Å². The maximum Gasteiger partial charge on any atom is 0.129 e. The zero-order valence-electron chi connectivity index (χ0n) is 10.3. The van der Waals surface area contributed by atoms with E-state index in [-0.39, 0.29) is 5.38 Å². The van der Waals surface area contributed by atoms with Crippen LogP contribution in [0.25, 0.3) is 0 Å². The first kappa shape index (κ1) is 12.6. The smallest absolute Gasteiger partial charge is 0.129 e. The Morgan fingerprint density at radius 3 is 2.94 bits per heavy atom. The Bertz CT molecular complexity index is 356. The number of anilines is 1. The highest BCUT2D eigenvalue weighted by atomic mass is 35.5. The van der Waals surface area contributed by atoms with E-state index in [1.807, 2.05) is 6.07 Å². The van der Waals surface area contributed by atoms with Gasteiger partial charge in [-0.25, -0.2) is 9.97 Å². The topological polar surface area (TPSA) is 37.8 Å². The quantitative estimate of drug-likeness (QED) is 0.663. The van der Waals surface area contributed by atoms with Crippen molar-refractivity contribution in [1.82, 2.24) is 9.97 Å². The molecule has 1 fully saturated rings. The Morgan fingerprint density at radius 2 is 2.12 bits per heavy atom. The van der Waals surface area contributed by atoms with Crippen molar-refractivity contribution in [3.8, 4) is 0 Å². The van der Waals surface area contributed by atoms with Gasteiger partial charge in [0.1, 0.15) is 12.1 Å². The molecule has 0 aliphatic heterocycles. The van der Waals surface area contributed by atoms with Crippen LogP contribution in [0, 0.1) is 0 Å². The standard InChI is InChI=1S/C13H20ClN3/c1-2-10-8-13(16-9-15-10)17-12-7-5-3-4-6-11(12)14/h8-9,11-12H,2-7H2,1H3,(H,15,16,17). The van der Waals surface area contributed by atoms with Crippen molar-refractivity contribution < 1.29 is 0 Å². The predicted octanol–water partition coefficient (Wildman–Crippen LogP) is 3.39. The summed E-state index contributed by atoms with van der Waals surface area (Å²) in [4.78, 5) is 8.47. The molecule has 0 bridgehead atoms. The van der Waals surface area contributed by atoms with Gasteiger partial charge in [0.25, 0.3) is 0 Å². The molecule has 4 heteroatoms. The first-order valence-corrected chi connectivity index (χ1v) is 6.94. The van der Waals surface area contributed by atoms with Gasteiger partial charge >= 0.3 is 0 Å². The molecule has 0 radical (unpaired) electrons. The second kappa shape index (κ2) is 6.20. The van der Waals surface area contributed by atoms with Crippen LogP contribution in [0.4, 0.5) is 5.82 Å². The maximum absolute atomic E-state index is 6.40. The van der Waals surface area contributed by atoms with Gasteiger partial charge in [0.2, 0.25) is 0 Å². The van der Waals surface area contributed by atoms with Crippen molar-refractivity contribution in [1.29, 1.82) is 0 Å². The Kier molecular flexibility index (Phi) is 4.60. The van der Waals surface area contributed by atoms with Gasteiger partial charge in [-0.1, -0.05) is 26.2 Å². The van der Waals surface area contributed by atoms with Crippen molar-refractivity contribution in [3.05, 3.63) is 18.1 Å². The molecular formula is C13H20ClN3. The summed E-state index contributed by atoms with van der Waals surface area (Å²) < 4.78 is 0. The van der Waals surface area contributed by atoms with Gasteiger partial charge in [-0.05, 0) is 19.3 Å². The molecule has 2 atom stereocenters. The molecule has 1 aromatic rings. The molecule has 0 aromatic carbocycles. The third-order valence-corrected chi connectivity index (χ3v) is 3.87. The molecule has 1 aliphatic rings. The molecule has 17 heavy (non-hydrogen) atoms. The van der Waals surface area contributed by atoms with Crippen molar-refractivity contribution in [2.24, 2.45) is 0 Å². The lowest BCUT2D eigenvalue weighted by molar-refractivity contribution is 0.624. The summed E-state index contributed by atoms with van der Waals surface area (Å²) in [6, 6.07) is 2.37. The van der Waals surface area contributed by atoms with Crippen molar-refractivity contribution in [2.75, 3.05) is 5.32 Å². The Balaban J connectivity index is 2.02. The Morgan fingerprint density at radius 1 is 1.29 bits per heavy atom. The number of halogens is 1. The fraction of sp³-hybridized carbons (Fsp3) is 0.692. The second-order valence-electron chi connectivity index (χ2n) is 4.65. The molecule has 2 rings (SSSR count). The van der Waals surface area contributed by atoms with Crippen LogP contribution >= 0.6 is 11.6 Å². The zero-order valence-corrected chi connectivity index (χ0v) is 11.1. The first-order valence-electron chi connectivity index (χ1n) is 6.51. The minimum atomic E-state index is 0.220. The van der Waals surface area contributed by atoms with Gasteiger partial charge in [-0.3, -0.25) is 0 Å². The number of nitrogens with one attached hydrogen (secondary N) is 1. The van der Waals surface area contributed by atoms with E-state index in [4.69, 9.17) is 11.6 Å². The normalized spacial score (nSPS) is 25.3. The maximum atomic E-state index is 6.40. The molecule has 0 saturated heterocycles. The molecular weight excluding hydrogens is 234 g/mol. The van der Waals surface area contributed by atoms with Crippen molar-refractivity contribution >= 4 is 17.4 Å². The number of aryl methyl sites for hydroxylation is 1. The monoisotopic (exact) mass is 253 g/mol. The van der Waals surface area contributed by atoms with Crippen LogP contribution in [-0.2, 0) is 6.42 Å². The third kappa shape index (κ3) is 3.56. The van der Waals surface area contributed by atoms with Gasteiger partial charge in [0.05, 0.1) is 5.38 Å². The SMILES string of the molecule is CCc1cc(NC2CCCCCC2Cl)ncn1. The highest BCUT2D eigenvalue weighted by Crippen LogP contribution is 2.24. The highest BCUT2D eigenvalue weighted by molar-refractivity contribution is 6.21. The van der Waals surface area contributed by atoms with E-state index in [1.165, 1.54) is 19.3 Å². The van der Waals surface area contributed by atoms with E-state index in [9.17, 15) is 0 Å². The van der Waals surface area contributed by atoms with E-state index >= 15 is 0 Å². The van der Waals surface area contributed by atoms with E-state index < -0.39 is 0 Å². The predicted molar refractivity (Wildman–Crippen MR) is 71.5 cm³/mol. The molecule has 3 nitrogen and oxygen atoms in total. The molecule has 1 N–H and O–H groups in total. The van der Waals surface area contributed by atoms with Crippen LogP contribution in [-0.4, -0.2) is 21.4 Å². The van der Waals surface area contributed by atoms with Gasteiger partial charge < -0.3 is 5.32 Å². The second-order valence-corrected chi connectivity index (χ2v) is 5.21. The lowest BCUT2D eigenvalue weighted by Crippen LogP contribution is -2.29. The number of nitrogens with zero attached hydrogens (tertiary/aromatic N) is 2. The van der Waals surface area contributed by atoms with Crippen LogP contribution in [0.2, 0.25) is 0 Å². The van der Waals surface area contributed by atoms with E-state index in [2.05, 4.69) is 22.2 Å². The molecule has 1 aliphatic carbocycles. The number of hydrogen-bond acceptors (Lipinski definition) is 3. The van der Waals surface area contributed by atoms with Crippen molar-refractivity contribution in [3.63, 3.8) is 0 Å². The van der Waals surface area contributed by atoms with Crippen LogP contribution < -0.4 is 5.32 Å². The van der Waals surface area contributed by atoms with E-state index in [0.29, 0.717) is 6.04 Å². The minimum Gasteiger partial charge on any atom is -0.366 e. The molecule has 0 spiro atoms. The summed E-state index contributed by atoms with van der Waals surface area (Å²) in [6.45, 7) is 2.10. The third-order valence-electron chi connectivity index (χ3n) is 3.35. The van der Waals surface area contributed by atoms with Crippen LogP contribution in [0.1, 0.15) is 44.7 Å². The summed E-state index contributed by atoms with van der Waals surface area (Å²) in [5.74, 6) is 0.911. The molecule has 2 unspecified atom stereocenters. The molecule has 94 valence electrons. The number of hydrogen-bond donors (Lipinski definition) is 1. The van der Waals surface area contributed by atoms with Crippen LogP contribution in [0.3, 0.4) is 0 Å². The summed E-state index contributed by atoms with van der Waals surface area (Å²) in [5, 5.41) is 3.68. The van der Waals surface area contributed by atoms with Gasteiger partial charge in [-0.2, -0.15) is 0 Å². The Hall–Kier alpha value is -0.830. The molecule has 1 heterocycles.